The van der Waals surface area contributed by atoms with E-state index in [2.05, 4.69) is 22.4 Å². The Morgan fingerprint density at radius 2 is 1.96 bits per heavy atom. The number of carbonyl (C=O) groups excluding carboxylic acids is 1. The molecule has 0 radical (unpaired) electrons. The molecule has 0 saturated carbocycles. The van der Waals surface area contributed by atoms with Crippen LogP contribution in [0.15, 0.2) is 64.2 Å². The molecule has 3 rings (SSSR count). The highest BCUT2D eigenvalue weighted by molar-refractivity contribution is 7.99. The Labute approximate surface area is 161 Å². The number of rotatable bonds is 7. The predicted octanol–water partition coefficient (Wildman–Crippen LogP) is 5.04. The average Bonchev–Trinajstić information content (AvgIpc) is 3.10. The summed E-state index contributed by atoms with van der Waals surface area (Å²) < 4.78 is 5.62. The molecular weight excluding hydrogens is 366 g/mol. The number of nitrogens with one attached hydrogen (secondary N) is 1. The maximum absolute atomic E-state index is 12.3. The van der Waals surface area contributed by atoms with Crippen molar-refractivity contribution in [1.82, 2.24) is 10.2 Å². The van der Waals surface area contributed by atoms with E-state index in [0.717, 1.165) is 11.3 Å². The van der Waals surface area contributed by atoms with E-state index in [9.17, 15) is 4.79 Å². The van der Waals surface area contributed by atoms with Gasteiger partial charge >= 0.3 is 0 Å². The van der Waals surface area contributed by atoms with Gasteiger partial charge in [-0.3, -0.25) is 4.79 Å². The van der Waals surface area contributed by atoms with Crippen molar-refractivity contribution >= 4 is 35.1 Å². The van der Waals surface area contributed by atoms with Gasteiger partial charge < -0.3 is 9.73 Å². The predicted molar refractivity (Wildman–Crippen MR) is 107 cm³/mol. The molecule has 2 aromatic carbocycles. The number of thioether (sulfide) groups is 2. The van der Waals surface area contributed by atoms with Crippen LogP contribution in [0.3, 0.4) is 0 Å². The van der Waals surface area contributed by atoms with Gasteiger partial charge in [0.2, 0.25) is 5.89 Å². The highest BCUT2D eigenvalue weighted by Gasteiger charge is 2.14. The van der Waals surface area contributed by atoms with Gasteiger partial charge in [-0.2, -0.15) is 11.8 Å². The van der Waals surface area contributed by atoms with Crippen LogP contribution in [0.4, 0.5) is 5.69 Å². The Balaban J connectivity index is 1.66. The molecule has 0 spiro atoms. The first-order valence-corrected chi connectivity index (χ1v) is 10.4. The lowest BCUT2D eigenvalue weighted by atomic mass is 10.1. The van der Waals surface area contributed by atoms with Crippen molar-refractivity contribution in [2.45, 2.75) is 23.1 Å². The van der Waals surface area contributed by atoms with Crippen molar-refractivity contribution in [3.05, 3.63) is 71.6 Å². The van der Waals surface area contributed by atoms with Crippen LogP contribution < -0.4 is 5.32 Å². The molecule has 3 aromatic rings. The Hall–Kier alpha value is -2.25. The molecule has 1 aromatic heterocycles. The standard InChI is InChI=1S/C19H19N3O2S2/c1-13(26-19-22-21-17(24-19)12-25-2)15-9-6-10-16(11-15)20-18(23)14-7-4-3-5-8-14/h3-11,13H,12H2,1-2H3,(H,20,23)/t13-/m1/s1. The molecule has 1 atom stereocenters. The van der Waals surface area contributed by atoms with Crippen molar-refractivity contribution in [2.24, 2.45) is 0 Å². The maximum Gasteiger partial charge on any atom is 0.277 e. The minimum Gasteiger partial charge on any atom is -0.415 e. The van der Waals surface area contributed by atoms with Crippen LogP contribution in [0.1, 0.15) is 34.0 Å². The largest absolute Gasteiger partial charge is 0.415 e. The number of hydrogen-bond acceptors (Lipinski definition) is 6. The number of aromatic nitrogens is 2. The molecule has 0 aliphatic heterocycles. The highest BCUT2D eigenvalue weighted by Crippen LogP contribution is 2.35. The van der Waals surface area contributed by atoms with Crippen molar-refractivity contribution in [2.75, 3.05) is 11.6 Å². The summed E-state index contributed by atoms with van der Waals surface area (Å²) in [5.41, 5.74) is 2.47. The lowest BCUT2D eigenvalue weighted by molar-refractivity contribution is 0.102. The molecular formula is C19H19N3O2S2. The zero-order valence-corrected chi connectivity index (χ0v) is 16.1. The Kier molecular flexibility index (Phi) is 6.35. The van der Waals surface area contributed by atoms with Gasteiger partial charge in [0.1, 0.15) is 0 Å². The van der Waals surface area contributed by atoms with Gasteiger partial charge in [0.05, 0.1) is 5.75 Å². The summed E-state index contributed by atoms with van der Waals surface area (Å²) in [6.07, 6.45) is 1.99. The van der Waals surface area contributed by atoms with E-state index in [1.165, 1.54) is 11.8 Å². The Bertz CT molecular complexity index is 868. The Morgan fingerprint density at radius 1 is 1.15 bits per heavy atom. The topological polar surface area (TPSA) is 68.0 Å². The number of anilines is 1. The second-order valence-electron chi connectivity index (χ2n) is 5.60. The second-order valence-corrected chi connectivity index (χ2v) is 7.76. The average molecular weight is 386 g/mol. The van der Waals surface area contributed by atoms with E-state index in [1.54, 1.807) is 23.9 Å². The fourth-order valence-electron chi connectivity index (χ4n) is 2.35. The summed E-state index contributed by atoms with van der Waals surface area (Å²) >= 11 is 3.15. The molecule has 0 fully saturated rings. The van der Waals surface area contributed by atoms with E-state index in [0.29, 0.717) is 22.4 Å². The lowest BCUT2D eigenvalue weighted by Gasteiger charge is -2.11. The van der Waals surface area contributed by atoms with E-state index in [-0.39, 0.29) is 11.2 Å². The van der Waals surface area contributed by atoms with E-state index in [1.807, 2.05) is 48.7 Å². The van der Waals surface area contributed by atoms with Crippen molar-refractivity contribution < 1.29 is 9.21 Å². The molecule has 0 bridgehead atoms. The molecule has 1 amide bonds. The van der Waals surface area contributed by atoms with E-state index < -0.39 is 0 Å². The van der Waals surface area contributed by atoms with Crippen LogP contribution in [0.2, 0.25) is 0 Å². The number of carbonyl (C=O) groups is 1. The number of hydrogen-bond donors (Lipinski definition) is 1. The molecule has 5 nitrogen and oxygen atoms in total. The fourth-order valence-corrected chi connectivity index (χ4v) is 3.53. The molecule has 0 unspecified atom stereocenters. The summed E-state index contributed by atoms with van der Waals surface area (Å²) in [6.45, 7) is 2.07. The van der Waals surface area contributed by atoms with Crippen molar-refractivity contribution in [1.29, 1.82) is 0 Å². The third kappa shape index (κ3) is 4.89. The molecule has 1 heterocycles. The summed E-state index contributed by atoms with van der Waals surface area (Å²) in [7, 11) is 0. The van der Waals surface area contributed by atoms with Crippen LogP contribution in [-0.4, -0.2) is 22.4 Å². The van der Waals surface area contributed by atoms with Gasteiger partial charge in [0.25, 0.3) is 11.1 Å². The van der Waals surface area contributed by atoms with Crippen LogP contribution in [0.5, 0.6) is 0 Å². The maximum atomic E-state index is 12.3. The van der Waals surface area contributed by atoms with Gasteiger partial charge in [0, 0.05) is 16.5 Å². The molecule has 134 valence electrons. The monoisotopic (exact) mass is 385 g/mol. The molecule has 0 saturated heterocycles. The highest BCUT2D eigenvalue weighted by atomic mass is 32.2. The van der Waals surface area contributed by atoms with Gasteiger partial charge in [-0.05, 0) is 43.0 Å². The van der Waals surface area contributed by atoms with Crippen molar-refractivity contribution in [3.8, 4) is 0 Å². The Morgan fingerprint density at radius 3 is 2.73 bits per heavy atom. The molecule has 26 heavy (non-hydrogen) atoms. The van der Waals surface area contributed by atoms with Gasteiger partial charge in [-0.15, -0.1) is 10.2 Å². The second kappa shape index (κ2) is 8.91. The molecule has 7 heteroatoms. The number of nitrogens with zero attached hydrogens (tertiary/aromatic N) is 2. The van der Waals surface area contributed by atoms with Crippen LogP contribution in [-0.2, 0) is 5.75 Å². The van der Waals surface area contributed by atoms with E-state index >= 15 is 0 Å². The summed E-state index contributed by atoms with van der Waals surface area (Å²) in [5.74, 6) is 1.22. The zero-order chi connectivity index (χ0) is 18.4. The normalized spacial score (nSPS) is 11.9. The van der Waals surface area contributed by atoms with Crippen LogP contribution >= 0.6 is 23.5 Å². The van der Waals surface area contributed by atoms with Gasteiger partial charge in [0.15, 0.2) is 0 Å². The first kappa shape index (κ1) is 18.5. The van der Waals surface area contributed by atoms with Gasteiger partial charge in [-0.1, -0.05) is 42.1 Å². The SMILES string of the molecule is CSCc1nnc(S[C@H](C)c2cccc(NC(=O)c3ccccc3)c2)o1. The minimum absolute atomic E-state index is 0.117. The summed E-state index contributed by atoms with van der Waals surface area (Å²) in [6, 6.07) is 17.0. The van der Waals surface area contributed by atoms with Gasteiger partial charge in [-0.25, -0.2) is 0 Å². The first-order valence-electron chi connectivity index (χ1n) is 8.10. The van der Waals surface area contributed by atoms with Crippen molar-refractivity contribution in [3.63, 3.8) is 0 Å². The summed E-state index contributed by atoms with van der Waals surface area (Å²) in [4.78, 5) is 12.3. The third-order valence-corrected chi connectivity index (χ3v) is 5.17. The molecule has 0 aliphatic carbocycles. The number of amides is 1. The lowest BCUT2D eigenvalue weighted by Crippen LogP contribution is -2.11. The first-order chi connectivity index (χ1) is 12.7. The molecule has 0 aliphatic rings. The quantitative estimate of drug-likeness (QED) is 0.575. The fraction of sp³-hybridized carbons (Fsp3) is 0.211. The number of benzene rings is 2. The minimum atomic E-state index is -0.123. The van der Waals surface area contributed by atoms with E-state index in [4.69, 9.17) is 4.42 Å². The smallest absolute Gasteiger partial charge is 0.277 e. The van der Waals surface area contributed by atoms with Crippen LogP contribution in [0, 0.1) is 0 Å². The third-order valence-electron chi connectivity index (χ3n) is 3.64. The zero-order valence-electron chi connectivity index (χ0n) is 14.5. The van der Waals surface area contributed by atoms with Crippen LogP contribution in [0.25, 0.3) is 0 Å². The summed E-state index contributed by atoms with van der Waals surface area (Å²) in [5, 5.41) is 11.7. The molecule has 1 N–H and O–H groups in total.